The van der Waals surface area contributed by atoms with Crippen molar-refractivity contribution >= 4 is 0 Å². The lowest BCUT2D eigenvalue weighted by atomic mass is 9.77. The van der Waals surface area contributed by atoms with Crippen LogP contribution in [0.4, 0.5) is 0 Å². The van der Waals surface area contributed by atoms with Crippen LogP contribution in [0.2, 0.25) is 0 Å². The first-order valence-corrected chi connectivity index (χ1v) is 10.7. The summed E-state index contributed by atoms with van der Waals surface area (Å²) in [5, 5.41) is 0. The Morgan fingerprint density at radius 1 is 0.517 bits per heavy atom. The third-order valence-electron chi connectivity index (χ3n) is 5.73. The fraction of sp³-hybridized carbons (Fsp3) is 0.379. The minimum absolute atomic E-state index is 0.130. The molecule has 0 heterocycles. The normalized spacial score (nSPS) is 12.4. The summed E-state index contributed by atoms with van der Waals surface area (Å²) < 4.78 is 0. The molecule has 0 saturated heterocycles. The van der Waals surface area contributed by atoms with Gasteiger partial charge in [-0.3, -0.25) is 0 Å². The Labute approximate surface area is 178 Å². The fourth-order valence-corrected chi connectivity index (χ4v) is 4.05. The predicted molar refractivity (Wildman–Crippen MR) is 127 cm³/mol. The standard InChI is InChI=1S/C29H36/c1-20-14-23(18-25(16-20)28(3,4)5)27(22-12-10-9-11-13-22)24-15-21(2)17-26(19-24)29(6,7)8/h9-19,27H,1-8H3. The van der Waals surface area contributed by atoms with E-state index in [2.05, 4.69) is 122 Å². The average molecular weight is 385 g/mol. The quantitative estimate of drug-likeness (QED) is 0.400. The van der Waals surface area contributed by atoms with Crippen LogP contribution in [0.1, 0.15) is 86.4 Å². The Bertz CT molecular complexity index is 915. The molecule has 0 aromatic heterocycles. The average Bonchev–Trinajstić information content (AvgIpc) is 2.60. The number of aryl methyl sites for hydroxylation is 2. The molecule has 0 unspecified atom stereocenters. The van der Waals surface area contributed by atoms with Gasteiger partial charge in [-0.15, -0.1) is 0 Å². The van der Waals surface area contributed by atoms with Gasteiger partial charge in [0.1, 0.15) is 0 Å². The van der Waals surface area contributed by atoms with Gasteiger partial charge in [0.25, 0.3) is 0 Å². The van der Waals surface area contributed by atoms with Crippen molar-refractivity contribution in [2.75, 3.05) is 0 Å². The van der Waals surface area contributed by atoms with E-state index in [4.69, 9.17) is 0 Å². The molecule has 152 valence electrons. The molecule has 3 aromatic rings. The lowest BCUT2D eigenvalue weighted by Crippen LogP contribution is -2.15. The molecular formula is C29H36. The van der Waals surface area contributed by atoms with Crippen molar-refractivity contribution in [2.45, 2.75) is 72.1 Å². The van der Waals surface area contributed by atoms with Gasteiger partial charge in [0.05, 0.1) is 0 Å². The van der Waals surface area contributed by atoms with Crippen molar-refractivity contribution in [1.29, 1.82) is 0 Å². The zero-order valence-electron chi connectivity index (χ0n) is 19.4. The van der Waals surface area contributed by atoms with Crippen LogP contribution in [0.25, 0.3) is 0 Å². The first-order valence-electron chi connectivity index (χ1n) is 10.7. The Balaban J connectivity index is 2.27. The van der Waals surface area contributed by atoms with Gasteiger partial charge >= 0.3 is 0 Å². The van der Waals surface area contributed by atoms with E-state index in [1.54, 1.807) is 0 Å². The van der Waals surface area contributed by atoms with E-state index >= 15 is 0 Å². The zero-order chi connectivity index (χ0) is 21.4. The minimum Gasteiger partial charge on any atom is -0.0622 e. The van der Waals surface area contributed by atoms with Crippen molar-refractivity contribution < 1.29 is 0 Å². The van der Waals surface area contributed by atoms with Crippen molar-refractivity contribution in [1.82, 2.24) is 0 Å². The SMILES string of the molecule is Cc1cc(C(c2ccccc2)c2cc(C)cc(C(C)(C)C)c2)cc(C(C)(C)C)c1. The molecule has 0 aliphatic rings. The highest BCUT2D eigenvalue weighted by Gasteiger charge is 2.23. The monoisotopic (exact) mass is 384 g/mol. The summed E-state index contributed by atoms with van der Waals surface area (Å²) >= 11 is 0. The van der Waals surface area contributed by atoms with Crippen molar-refractivity contribution in [3.63, 3.8) is 0 Å². The minimum atomic E-state index is 0.130. The largest absolute Gasteiger partial charge is 0.0622 e. The summed E-state index contributed by atoms with van der Waals surface area (Å²) in [6.45, 7) is 18.2. The van der Waals surface area contributed by atoms with Gasteiger partial charge in [-0.05, 0) is 52.5 Å². The number of hydrogen-bond acceptors (Lipinski definition) is 0. The van der Waals surface area contributed by atoms with Gasteiger partial charge in [0, 0.05) is 5.92 Å². The molecule has 0 spiro atoms. The molecule has 0 radical (unpaired) electrons. The Kier molecular flexibility index (Phi) is 5.77. The van der Waals surface area contributed by atoms with E-state index in [0.29, 0.717) is 0 Å². The molecule has 0 aliphatic carbocycles. The highest BCUT2D eigenvalue weighted by Crippen LogP contribution is 2.37. The molecule has 0 amide bonds. The van der Waals surface area contributed by atoms with E-state index in [-0.39, 0.29) is 16.7 Å². The van der Waals surface area contributed by atoms with Crippen LogP contribution in [-0.4, -0.2) is 0 Å². The summed E-state index contributed by atoms with van der Waals surface area (Å²) in [6, 6.07) is 25.2. The summed E-state index contributed by atoms with van der Waals surface area (Å²) in [6.07, 6.45) is 0. The molecular weight excluding hydrogens is 348 g/mol. The van der Waals surface area contributed by atoms with Crippen LogP contribution in [0.3, 0.4) is 0 Å². The van der Waals surface area contributed by atoms with E-state index < -0.39 is 0 Å². The van der Waals surface area contributed by atoms with Crippen LogP contribution in [0.15, 0.2) is 66.7 Å². The van der Waals surface area contributed by atoms with Crippen LogP contribution in [0.5, 0.6) is 0 Å². The maximum absolute atomic E-state index is 2.42. The van der Waals surface area contributed by atoms with Gasteiger partial charge in [-0.1, -0.05) is 119 Å². The fourth-order valence-electron chi connectivity index (χ4n) is 4.05. The van der Waals surface area contributed by atoms with Gasteiger partial charge < -0.3 is 0 Å². The molecule has 0 saturated carbocycles. The first kappa shape index (κ1) is 21.4. The molecule has 0 heteroatoms. The van der Waals surface area contributed by atoms with E-state index in [9.17, 15) is 0 Å². The molecule has 0 nitrogen and oxygen atoms in total. The van der Waals surface area contributed by atoms with Gasteiger partial charge in [0.2, 0.25) is 0 Å². The van der Waals surface area contributed by atoms with Gasteiger partial charge in [0.15, 0.2) is 0 Å². The lowest BCUT2D eigenvalue weighted by Gasteiger charge is -2.27. The van der Waals surface area contributed by atoms with Gasteiger partial charge in [-0.2, -0.15) is 0 Å². The second-order valence-corrected chi connectivity index (χ2v) is 10.6. The van der Waals surface area contributed by atoms with Crippen LogP contribution in [0, 0.1) is 13.8 Å². The third-order valence-corrected chi connectivity index (χ3v) is 5.73. The first-order chi connectivity index (χ1) is 13.4. The van der Waals surface area contributed by atoms with E-state index in [0.717, 1.165) is 0 Å². The highest BCUT2D eigenvalue weighted by atomic mass is 14.3. The van der Waals surface area contributed by atoms with Crippen LogP contribution < -0.4 is 0 Å². The molecule has 3 aromatic carbocycles. The number of hydrogen-bond donors (Lipinski definition) is 0. The molecule has 3 rings (SSSR count). The molecule has 0 bridgehead atoms. The summed E-state index contributed by atoms with van der Waals surface area (Å²) in [5.74, 6) is 0.234. The second-order valence-electron chi connectivity index (χ2n) is 10.6. The molecule has 29 heavy (non-hydrogen) atoms. The van der Waals surface area contributed by atoms with Crippen molar-refractivity contribution in [3.05, 3.63) is 106 Å². The topological polar surface area (TPSA) is 0 Å². The third kappa shape index (κ3) is 4.99. The maximum Gasteiger partial charge on any atom is 0.0340 e. The summed E-state index contributed by atoms with van der Waals surface area (Å²) in [7, 11) is 0. The second kappa shape index (κ2) is 7.82. The van der Waals surface area contributed by atoms with Crippen molar-refractivity contribution in [3.8, 4) is 0 Å². The molecule has 0 aliphatic heterocycles. The lowest BCUT2D eigenvalue weighted by molar-refractivity contribution is 0.587. The highest BCUT2D eigenvalue weighted by molar-refractivity contribution is 5.49. The van der Waals surface area contributed by atoms with Crippen molar-refractivity contribution in [2.24, 2.45) is 0 Å². The van der Waals surface area contributed by atoms with Crippen LogP contribution in [-0.2, 0) is 10.8 Å². The maximum atomic E-state index is 2.42. The van der Waals surface area contributed by atoms with Gasteiger partial charge in [-0.25, -0.2) is 0 Å². The number of benzene rings is 3. The molecule has 0 N–H and O–H groups in total. The Morgan fingerprint density at radius 3 is 1.31 bits per heavy atom. The number of rotatable bonds is 3. The zero-order valence-corrected chi connectivity index (χ0v) is 19.4. The Hall–Kier alpha value is -2.34. The summed E-state index contributed by atoms with van der Waals surface area (Å²) in [5.41, 5.74) is 9.83. The Morgan fingerprint density at radius 2 is 0.931 bits per heavy atom. The smallest absolute Gasteiger partial charge is 0.0340 e. The summed E-state index contributed by atoms with van der Waals surface area (Å²) in [4.78, 5) is 0. The molecule has 0 fully saturated rings. The molecule has 0 atom stereocenters. The van der Waals surface area contributed by atoms with E-state index in [1.807, 2.05) is 0 Å². The van der Waals surface area contributed by atoms with E-state index in [1.165, 1.54) is 38.9 Å². The van der Waals surface area contributed by atoms with Crippen LogP contribution >= 0.6 is 0 Å². The predicted octanol–water partition coefficient (Wildman–Crippen LogP) is 8.08.